The van der Waals surface area contributed by atoms with Crippen molar-refractivity contribution in [3.8, 4) is 11.1 Å². The van der Waals surface area contributed by atoms with Gasteiger partial charge in [-0.25, -0.2) is 4.79 Å². The molecule has 0 spiro atoms. The third-order valence-electron chi connectivity index (χ3n) is 7.66. The van der Waals surface area contributed by atoms with Gasteiger partial charge in [0.05, 0.1) is 5.56 Å². The van der Waals surface area contributed by atoms with E-state index in [4.69, 9.17) is 11.6 Å². The van der Waals surface area contributed by atoms with E-state index in [9.17, 15) is 27.9 Å². The Balaban J connectivity index is 1.51. The molecule has 3 aromatic carbocycles. The van der Waals surface area contributed by atoms with Crippen LogP contribution < -0.4 is 5.32 Å². The summed E-state index contributed by atoms with van der Waals surface area (Å²) in [5.74, 6) is -0.891. The van der Waals surface area contributed by atoms with E-state index < -0.39 is 22.5 Å². The molecule has 5 nitrogen and oxygen atoms in total. The smallest absolute Gasteiger partial charge is 0.417 e. The number of nitrogens with zero attached hydrogens (tertiary/aromatic N) is 1. The van der Waals surface area contributed by atoms with E-state index in [2.05, 4.69) is 5.32 Å². The standard InChI is InChI=1S/C33H36ClF3N2O3S/c1-32(2,30(40)41)43-26-16-12-22(13-17-26)18-19-39(31(42)38-25-8-4-3-5-9-25)21-24-15-14-23(20-29(24)34)27-10-6-7-11-28(27)33(35,36)37/h6-7,10-17,20,25H,3-5,8-9,18-19,21H2,1-2H3,(H,38,42)(H,40,41). The number of halogens is 4. The lowest BCUT2D eigenvalue weighted by Crippen LogP contribution is -2.45. The number of carboxylic acids is 1. The highest BCUT2D eigenvalue weighted by Crippen LogP contribution is 2.38. The van der Waals surface area contributed by atoms with Gasteiger partial charge in [0.25, 0.3) is 0 Å². The summed E-state index contributed by atoms with van der Waals surface area (Å²) in [7, 11) is 0. The van der Waals surface area contributed by atoms with Crippen molar-refractivity contribution in [1.82, 2.24) is 10.2 Å². The Morgan fingerprint density at radius 1 is 1.00 bits per heavy atom. The SMILES string of the molecule is CC(C)(Sc1ccc(CCN(Cc2ccc(-c3ccccc3C(F)(F)F)cc2Cl)C(=O)NC2CCCCC2)cc1)C(=O)O. The van der Waals surface area contributed by atoms with Crippen LogP contribution in [0.15, 0.2) is 71.6 Å². The number of amides is 2. The van der Waals surface area contributed by atoms with Gasteiger partial charge in [0.15, 0.2) is 0 Å². The first-order valence-corrected chi connectivity index (χ1v) is 15.5. The molecule has 0 heterocycles. The predicted octanol–water partition coefficient (Wildman–Crippen LogP) is 9.07. The Kier molecular flexibility index (Phi) is 10.7. The maximum Gasteiger partial charge on any atom is 0.417 e. The zero-order valence-corrected chi connectivity index (χ0v) is 25.8. The maximum absolute atomic E-state index is 13.6. The van der Waals surface area contributed by atoms with Gasteiger partial charge in [-0.1, -0.05) is 73.3 Å². The number of nitrogens with one attached hydrogen (secondary N) is 1. The third kappa shape index (κ3) is 8.92. The van der Waals surface area contributed by atoms with E-state index in [1.807, 2.05) is 24.3 Å². The molecule has 0 aliphatic heterocycles. The average Bonchev–Trinajstić information content (AvgIpc) is 2.96. The van der Waals surface area contributed by atoms with Crippen LogP contribution in [0, 0.1) is 0 Å². The first-order valence-electron chi connectivity index (χ1n) is 14.4. The highest BCUT2D eigenvalue weighted by molar-refractivity contribution is 8.01. The molecule has 1 fully saturated rings. The van der Waals surface area contributed by atoms with Crippen LogP contribution in [-0.2, 0) is 23.9 Å². The summed E-state index contributed by atoms with van der Waals surface area (Å²) in [5, 5.41) is 12.9. The number of hydrogen-bond acceptors (Lipinski definition) is 3. The van der Waals surface area contributed by atoms with E-state index in [0.717, 1.165) is 48.6 Å². The zero-order chi connectivity index (χ0) is 31.2. The average molecular weight is 633 g/mol. The van der Waals surface area contributed by atoms with Crippen LogP contribution in [0.4, 0.5) is 18.0 Å². The van der Waals surface area contributed by atoms with Crippen LogP contribution in [0.2, 0.25) is 5.02 Å². The molecule has 0 bridgehead atoms. The number of thioether (sulfide) groups is 1. The second-order valence-electron chi connectivity index (χ2n) is 11.4. The monoisotopic (exact) mass is 632 g/mol. The highest BCUT2D eigenvalue weighted by atomic mass is 35.5. The first-order chi connectivity index (χ1) is 20.3. The molecular formula is C33H36ClF3N2O3S. The van der Waals surface area contributed by atoms with Gasteiger partial charge in [-0.05, 0) is 79.6 Å². The Labute approximate surface area is 259 Å². The Bertz CT molecular complexity index is 1420. The predicted molar refractivity (Wildman–Crippen MR) is 165 cm³/mol. The van der Waals surface area contributed by atoms with Crippen molar-refractivity contribution < 1.29 is 27.9 Å². The van der Waals surface area contributed by atoms with Gasteiger partial charge in [0, 0.05) is 29.0 Å². The number of urea groups is 1. The lowest BCUT2D eigenvalue weighted by atomic mass is 9.96. The summed E-state index contributed by atoms with van der Waals surface area (Å²) in [4.78, 5) is 27.5. The van der Waals surface area contributed by atoms with Gasteiger partial charge in [-0.2, -0.15) is 13.2 Å². The molecule has 43 heavy (non-hydrogen) atoms. The summed E-state index contributed by atoms with van der Waals surface area (Å²) in [6, 6.07) is 17.7. The fraction of sp³-hybridized carbons (Fsp3) is 0.394. The summed E-state index contributed by atoms with van der Waals surface area (Å²) in [6.45, 7) is 3.90. The van der Waals surface area contributed by atoms with Crippen LogP contribution in [0.25, 0.3) is 11.1 Å². The second-order valence-corrected chi connectivity index (χ2v) is 13.5. The van der Waals surface area contributed by atoms with Crippen LogP contribution in [-0.4, -0.2) is 39.3 Å². The second kappa shape index (κ2) is 14.1. The van der Waals surface area contributed by atoms with Crippen molar-refractivity contribution in [3.63, 3.8) is 0 Å². The Morgan fingerprint density at radius 2 is 1.67 bits per heavy atom. The summed E-state index contributed by atoms with van der Waals surface area (Å²) >= 11 is 7.88. The lowest BCUT2D eigenvalue weighted by Gasteiger charge is -2.29. The topological polar surface area (TPSA) is 69.6 Å². The largest absolute Gasteiger partial charge is 0.480 e. The van der Waals surface area contributed by atoms with E-state index in [-0.39, 0.29) is 29.2 Å². The minimum Gasteiger partial charge on any atom is -0.480 e. The van der Waals surface area contributed by atoms with Crippen LogP contribution >= 0.6 is 23.4 Å². The molecule has 230 valence electrons. The molecule has 2 N–H and O–H groups in total. The molecular weight excluding hydrogens is 597 g/mol. The first kappa shape index (κ1) is 32.7. The van der Waals surface area contributed by atoms with Crippen molar-refractivity contribution in [2.45, 2.75) is 80.8 Å². The van der Waals surface area contributed by atoms with Crippen molar-refractivity contribution in [1.29, 1.82) is 0 Å². The zero-order valence-electron chi connectivity index (χ0n) is 24.2. The molecule has 0 aromatic heterocycles. The van der Waals surface area contributed by atoms with Gasteiger partial charge in [0.2, 0.25) is 0 Å². The molecule has 0 saturated heterocycles. The van der Waals surface area contributed by atoms with Crippen LogP contribution in [0.3, 0.4) is 0 Å². The fourth-order valence-corrected chi connectivity index (χ4v) is 6.31. The number of hydrogen-bond donors (Lipinski definition) is 2. The maximum atomic E-state index is 13.6. The van der Waals surface area contributed by atoms with Gasteiger partial charge in [0.1, 0.15) is 4.75 Å². The van der Waals surface area contributed by atoms with Crippen LogP contribution in [0.5, 0.6) is 0 Å². The minimum atomic E-state index is -4.50. The lowest BCUT2D eigenvalue weighted by molar-refractivity contribution is -0.139. The Hall–Kier alpha value is -3.17. The number of carboxylic acid groups (broad SMARTS) is 1. The van der Waals surface area contributed by atoms with E-state index in [1.165, 1.54) is 30.0 Å². The van der Waals surface area contributed by atoms with Crippen molar-refractivity contribution in [2.75, 3.05) is 6.54 Å². The number of alkyl halides is 3. The normalized spacial score (nSPS) is 14.4. The molecule has 10 heteroatoms. The van der Waals surface area contributed by atoms with Gasteiger partial charge in [-0.15, -0.1) is 11.8 Å². The highest BCUT2D eigenvalue weighted by Gasteiger charge is 2.33. The molecule has 1 aliphatic rings. The quantitative estimate of drug-likeness (QED) is 0.219. The Morgan fingerprint density at radius 3 is 2.30 bits per heavy atom. The fourth-order valence-electron chi connectivity index (χ4n) is 5.12. The van der Waals surface area contributed by atoms with Crippen molar-refractivity contribution >= 4 is 35.4 Å². The van der Waals surface area contributed by atoms with E-state index in [1.54, 1.807) is 36.9 Å². The number of carbonyl (C=O) groups excluding carboxylic acids is 1. The van der Waals surface area contributed by atoms with Gasteiger partial charge >= 0.3 is 18.2 Å². The summed E-state index contributed by atoms with van der Waals surface area (Å²) in [6.07, 6.45) is 1.22. The molecule has 0 atom stereocenters. The number of aliphatic carboxylic acids is 1. The molecule has 3 aromatic rings. The van der Waals surface area contributed by atoms with Crippen molar-refractivity contribution in [2.24, 2.45) is 0 Å². The van der Waals surface area contributed by atoms with E-state index >= 15 is 0 Å². The van der Waals surface area contributed by atoms with E-state index in [0.29, 0.717) is 24.1 Å². The molecule has 4 rings (SSSR count). The molecule has 0 unspecified atom stereocenters. The third-order valence-corrected chi connectivity index (χ3v) is 9.20. The number of carbonyl (C=O) groups is 2. The summed E-state index contributed by atoms with van der Waals surface area (Å²) < 4.78 is 39.9. The molecule has 1 saturated carbocycles. The molecule has 1 aliphatic carbocycles. The van der Waals surface area contributed by atoms with Crippen LogP contribution in [0.1, 0.15) is 62.6 Å². The molecule has 0 radical (unpaired) electrons. The van der Waals surface area contributed by atoms with Gasteiger partial charge < -0.3 is 15.3 Å². The van der Waals surface area contributed by atoms with Crippen molar-refractivity contribution in [3.05, 3.63) is 88.4 Å². The summed E-state index contributed by atoms with van der Waals surface area (Å²) in [5.41, 5.74) is 1.28. The van der Waals surface area contributed by atoms with Gasteiger partial charge in [-0.3, -0.25) is 4.79 Å². The number of benzene rings is 3. The molecule has 2 amide bonds. The minimum absolute atomic E-state index is 0.0451. The number of rotatable bonds is 10.